The van der Waals surface area contributed by atoms with Crippen LogP contribution >= 0.6 is 23.1 Å². The number of fused-ring (bicyclic) bond motifs is 1. The zero-order chi connectivity index (χ0) is 19.2. The van der Waals surface area contributed by atoms with E-state index in [1.807, 2.05) is 31.4 Å². The van der Waals surface area contributed by atoms with Crippen LogP contribution in [0.25, 0.3) is 5.78 Å². The number of nitrogens with one attached hydrogen (secondary N) is 1. The molecule has 8 nitrogen and oxygen atoms in total. The van der Waals surface area contributed by atoms with Gasteiger partial charge in [0.05, 0.1) is 0 Å². The summed E-state index contributed by atoms with van der Waals surface area (Å²) in [4.78, 5) is 33.4. The molecule has 0 spiro atoms. The Morgan fingerprint density at radius 2 is 2.19 bits per heavy atom. The average Bonchev–Trinajstić information content (AvgIpc) is 3.29. The van der Waals surface area contributed by atoms with E-state index >= 15 is 0 Å². The Morgan fingerprint density at radius 3 is 2.96 bits per heavy atom. The molecule has 1 amide bonds. The summed E-state index contributed by atoms with van der Waals surface area (Å²) in [5.74, 6) is 0.821. The predicted octanol–water partition coefficient (Wildman–Crippen LogP) is 2.01. The molecule has 0 bridgehead atoms. The minimum atomic E-state index is -0.750. The molecule has 0 aliphatic rings. The molecule has 0 unspecified atom stereocenters. The summed E-state index contributed by atoms with van der Waals surface area (Å²) in [6.45, 7) is 3.83. The van der Waals surface area contributed by atoms with Crippen LogP contribution in [0.4, 0.5) is 0 Å². The van der Waals surface area contributed by atoms with Crippen molar-refractivity contribution in [1.29, 1.82) is 0 Å². The summed E-state index contributed by atoms with van der Waals surface area (Å²) < 4.78 is 6.45. The molecule has 0 fully saturated rings. The van der Waals surface area contributed by atoms with Crippen LogP contribution in [0, 0.1) is 13.8 Å². The van der Waals surface area contributed by atoms with Crippen LogP contribution in [0.5, 0.6) is 0 Å². The third kappa shape index (κ3) is 5.27. The van der Waals surface area contributed by atoms with E-state index in [1.54, 1.807) is 23.1 Å². The second kappa shape index (κ2) is 8.96. The van der Waals surface area contributed by atoms with Gasteiger partial charge in [0.2, 0.25) is 0 Å². The quantitative estimate of drug-likeness (QED) is 0.452. The van der Waals surface area contributed by atoms with E-state index in [1.165, 1.54) is 9.39 Å². The van der Waals surface area contributed by atoms with Crippen LogP contribution in [0.3, 0.4) is 0 Å². The fourth-order valence-electron chi connectivity index (χ4n) is 2.33. The van der Waals surface area contributed by atoms with Gasteiger partial charge in [0.25, 0.3) is 17.5 Å². The molecule has 3 aromatic rings. The molecule has 10 heteroatoms. The summed E-state index contributed by atoms with van der Waals surface area (Å²) in [6, 6.07) is 5.94. The van der Waals surface area contributed by atoms with Gasteiger partial charge in [-0.3, -0.25) is 4.79 Å². The highest BCUT2D eigenvalue weighted by molar-refractivity contribution is 7.98. The number of aryl methyl sites for hydroxylation is 2. The second-order valence-electron chi connectivity index (χ2n) is 5.74. The first-order valence-electron chi connectivity index (χ1n) is 8.28. The maximum Gasteiger partial charge on any atom is 0.378 e. The number of hydrogen-bond donors (Lipinski definition) is 1. The fourth-order valence-corrected chi connectivity index (χ4v) is 4.03. The molecule has 3 rings (SSSR count). The van der Waals surface area contributed by atoms with Crippen molar-refractivity contribution in [2.45, 2.75) is 19.6 Å². The van der Waals surface area contributed by atoms with E-state index in [4.69, 9.17) is 4.74 Å². The fraction of sp³-hybridized carbons (Fsp3) is 0.353. The van der Waals surface area contributed by atoms with E-state index in [2.05, 4.69) is 26.4 Å². The number of ether oxygens (including phenoxy) is 1. The highest BCUT2D eigenvalue weighted by Crippen LogP contribution is 2.16. The molecule has 27 heavy (non-hydrogen) atoms. The van der Waals surface area contributed by atoms with Gasteiger partial charge in [-0.15, -0.1) is 16.4 Å². The van der Waals surface area contributed by atoms with Gasteiger partial charge in [-0.1, -0.05) is 6.07 Å². The third-order valence-electron chi connectivity index (χ3n) is 3.53. The number of carbonyl (C=O) groups is 2. The number of thiophene rings is 1. The monoisotopic (exact) mass is 405 g/mol. The first-order chi connectivity index (χ1) is 13.0. The zero-order valence-corrected chi connectivity index (χ0v) is 16.6. The van der Waals surface area contributed by atoms with E-state index in [-0.39, 0.29) is 18.3 Å². The number of thioether (sulfide) groups is 1. The van der Waals surface area contributed by atoms with Gasteiger partial charge in [-0.25, -0.2) is 14.3 Å². The van der Waals surface area contributed by atoms with Crippen molar-refractivity contribution in [1.82, 2.24) is 24.9 Å². The summed E-state index contributed by atoms with van der Waals surface area (Å²) in [7, 11) is 0. The molecule has 0 saturated carbocycles. The van der Waals surface area contributed by atoms with E-state index < -0.39 is 5.97 Å². The van der Waals surface area contributed by atoms with Crippen molar-refractivity contribution in [3.63, 3.8) is 0 Å². The van der Waals surface area contributed by atoms with E-state index in [9.17, 15) is 9.59 Å². The summed E-state index contributed by atoms with van der Waals surface area (Å²) >= 11 is 3.45. The van der Waals surface area contributed by atoms with Gasteiger partial charge in [0.1, 0.15) is 0 Å². The van der Waals surface area contributed by atoms with Crippen molar-refractivity contribution in [3.8, 4) is 0 Å². The minimum absolute atomic E-state index is 0.115. The minimum Gasteiger partial charge on any atom is -0.450 e. The van der Waals surface area contributed by atoms with Crippen LogP contribution < -0.4 is 5.32 Å². The Kier molecular flexibility index (Phi) is 6.40. The molecule has 3 aromatic heterocycles. The highest BCUT2D eigenvalue weighted by Gasteiger charge is 2.17. The maximum atomic E-state index is 12.1. The Morgan fingerprint density at radius 1 is 1.33 bits per heavy atom. The van der Waals surface area contributed by atoms with Crippen LogP contribution in [-0.4, -0.2) is 50.4 Å². The van der Waals surface area contributed by atoms with Gasteiger partial charge in [-0.05, 0) is 31.4 Å². The summed E-state index contributed by atoms with van der Waals surface area (Å²) in [6.07, 6.45) is 0. The van der Waals surface area contributed by atoms with E-state index in [0.717, 1.165) is 22.9 Å². The van der Waals surface area contributed by atoms with Crippen molar-refractivity contribution in [3.05, 3.63) is 45.7 Å². The third-order valence-corrected chi connectivity index (χ3v) is 5.60. The van der Waals surface area contributed by atoms with Crippen molar-refractivity contribution < 1.29 is 14.3 Å². The molecule has 0 saturated heterocycles. The highest BCUT2D eigenvalue weighted by atomic mass is 32.2. The standard InChI is InChI=1S/C17H19N5O3S2/c1-11-8-12(2)22-17(19-11)20-15(21-22)16(24)25-9-14(23)18-5-7-26-10-13-4-3-6-27-13/h3-4,6,8H,5,7,9-10H2,1-2H3,(H,18,23). The molecule has 3 heterocycles. The average molecular weight is 406 g/mol. The normalized spacial score (nSPS) is 10.9. The van der Waals surface area contributed by atoms with Gasteiger partial charge in [0.15, 0.2) is 6.61 Å². The smallest absolute Gasteiger partial charge is 0.378 e. The molecule has 0 aliphatic heterocycles. The lowest BCUT2D eigenvalue weighted by Gasteiger charge is -2.05. The number of aromatic nitrogens is 4. The van der Waals surface area contributed by atoms with Crippen molar-refractivity contribution in [2.75, 3.05) is 18.9 Å². The first kappa shape index (κ1) is 19.3. The van der Waals surface area contributed by atoms with Crippen molar-refractivity contribution in [2.24, 2.45) is 0 Å². The number of amides is 1. The Hall–Kier alpha value is -2.46. The Bertz CT molecular complexity index is 940. The van der Waals surface area contributed by atoms with E-state index in [0.29, 0.717) is 12.3 Å². The molecule has 0 aromatic carbocycles. The number of esters is 1. The molecule has 0 aliphatic carbocycles. The lowest BCUT2D eigenvalue weighted by atomic mass is 10.4. The van der Waals surface area contributed by atoms with Gasteiger partial charge in [-0.2, -0.15) is 16.7 Å². The Labute approximate surface area is 164 Å². The van der Waals surface area contributed by atoms with Gasteiger partial charge < -0.3 is 10.1 Å². The maximum absolute atomic E-state index is 12.1. The second-order valence-corrected chi connectivity index (χ2v) is 7.88. The first-order valence-corrected chi connectivity index (χ1v) is 10.3. The van der Waals surface area contributed by atoms with Gasteiger partial charge >= 0.3 is 5.97 Å². The lowest BCUT2D eigenvalue weighted by molar-refractivity contribution is -0.124. The topological polar surface area (TPSA) is 98.5 Å². The summed E-state index contributed by atoms with van der Waals surface area (Å²) in [5, 5.41) is 8.84. The van der Waals surface area contributed by atoms with Crippen molar-refractivity contribution >= 4 is 40.8 Å². The molecular weight excluding hydrogens is 386 g/mol. The number of nitrogens with zero attached hydrogens (tertiary/aromatic N) is 4. The van der Waals surface area contributed by atoms with Crippen LogP contribution in [0.15, 0.2) is 23.6 Å². The largest absolute Gasteiger partial charge is 0.450 e. The SMILES string of the molecule is Cc1cc(C)n2nc(C(=O)OCC(=O)NCCSCc3cccs3)nc2n1. The number of carbonyl (C=O) groups excluding carboxylic acids is 2. The molecule has 142 valence electrons. The predicted molar refractivity (Wildman–Crippen MR) is 104 cm³/mol. The van der Waals surface area contributed by atoms with Crippen LogP contribution in [-0.2, 0) is 15.3 Å². The molecule has 0 radical (unpaired) electrons. The number of hydrogen-bond acceptors (Lipinski definition) is 8. The Balaban J connectivity index is 1.40. The van der Waals surface area contributed by atoms with Gasteiger partial charge in [0, 0.05) is 34.3 Å². The van der Waals surface area contributed by atoms with Crippen LogP contribution in [0.2, 0.25) is 0 Å². The molecule has 1 N–H and O–H groups in total. The number of rotatable bonds is 8. The summed E-state index contributed by atoms with van der Waals surface area (Å²) in [5.41, 5.74) is 1.59. The molecule has 0 atom stereocenters. The molecular formula is C17H19N5O3S2. The lowest BCUT2D eigenvalue weighted by Crippen LogP contribution is -2.30. The zero-order valence-electron chi connectivity index (χ0n) is 15.0. The van der Waals surface area contributed by atoms with Crippen LogP contribution in [0.1, 0.15) is 26.9 Å².